The van der Waals surface area contributed by atoms with Crippen molar-refractivity contribution < 1.29 is 9.53 Å². The van der Waals surface area contributed by atoms with E-state index in [9.17, 15) is 4.79 Å². The maximum atomic E-state index is 12.1. The number of carbonyl (C=O) groups is 1. The highest BCUT2D eigenvalue weighted by Gasteiger charge is 2.38. The van der Waals surface area contributed by atoms with E-state index in [2.05, 4.69) is 10.2 Å². The second kappa shape index (κ2) is 6.90. The Kier molecular flexibility index (Phi) is 5.44. The summed E-state index contributed by atoms with van der Waals surface area (Å²) in [6.45, 7) is 6.47. The number of fused-ring (bicyclic) bond motifs is 1. The van der Waals surface area contributed by atoms with Gasteiger partial charge >= 0.3 is 5.97 Å². The fourth-order valence-corrected chi connectivity index (χ4v) is 3.77. The first-order valence-corrected chi connectivity index (χ1v) is 8.21. The van der Waals surface area contributed by atoms with Crippen LogP contribution in [0.5, 0.6) is 0 Å². The predicted molar refractivity (Wildman–Crippen MR) is 80.7 cm³/mol. The fourth-order valence-electron chi connectivity index (χ4n) is 3.77. The van der Waals surface area contributed by atoms with Crippen LogP contribution in [0, 0.1) is 5.92 Å². The molecule has 0 bridgehead atoms. The van der Waals surface area contributed by atoms with Crippen molar-refractivity contribution in [1.29, 1.82) is 0 Å². The lowest BCUT2D eigenvalue weighted by Crippen LogP contribution is -2.51. The summed E-state index contributed by atoms with van der Waals surface area (Å²) in [5, 5.41) is 3.16. The fraction of sp³-hybridized carbons (Fsp3) is 0.938. The summed E-state index contributed by atoms with van der Waals surface area (Å²) in [6, 6.07) is 0.770. The molecule has 1 N–H and O–H groups in total. The van der Waals surface area contributed by atoms with E-state index in [1.807, 2.05) is 20.9 Å². The van der Waals surface area contributed by atoms with Crippen LogP contribution in [-0.2, 0) is 9.53 Å². The molecule has 3 unspecified atom stereocenters. The topological polar surface area (TPSA) is 41.6 Å². The number of nitrogens with one attached hydrogen (secondary N) is 1. The van der Waals surface area contributed by atoms with Crippen LogP contribution in [0.3, 0.4) is 0 Å². The van der Waals surface area contributed by atoms with Gasteiger partial charge in [-0.15, -0.1) is 0 Å². The number of likely N-dealkylation sites (tertiary alicyclic amines) is 1. The molecule has 0 aromatic carbocycles. The maximum Gasteiger partial charge on any atom is 0.326 e. The number of hydrogen-bond donors (Lipinski definition) is 1. The molecule has 1 aliphatic carbocycles. The number of hydrogen-bond acceptors (Lipinski definition) is 4. The standard InChI is InChI=1S/C16H30N2O2/c1-4-20-15(19)16(2,17-3)10-12-18-11-9-13-7-5-6-8-14(13)18/h13-14,17H,4-12H2,1-3H3. The Morgan fingerprint density at radius 3 is 2.80 bits per heavy atom. The summed E-state index contributed by atoms with van der Waals surface area (Å²) in [6.07, 6.45) is 7.71. The lowest BCUT2D eigenvalue weighted by Gasteiger charge is -2.34. The van der Waals surface area contributed by atoms with Gasteiger partial charge < -0.3 is 15.0 Å². The van der Waals surface area contributed by atoms with Crippen LogP contribution in [0.1, 0.15) is 52.4 Å². The van der Waals surface area contributed by atoms with Crippen molar-refractivity contribution in [1.82, 2.24) is 10.2 Å². The lowest BCUT2D eigenvalue weighted by molar-refractivity contribution is -0.150. The molecule has 4 nitrogen and oxygen atoms in total. The number of carbonyl (C=O) groups excluding carboxylic acids is 1. The summed E-state index contributed by atoms with van der Waals surface area (Å²) >= 11 is 0. The Balaban J connectivity index is 1.88. The molecule has 0 aromatic heterocycles. The third-order valence-electron chi connectivity index (χ3n) is 5.30. The van der Waals surface area contributed by atoms with Gasteiger partial charge in [-0.1, -0.05) is 12.8 Å². The first-order valence-electron chi connectivity index (χ1n) is 8.21. The molecule has 0 amide bonds. The summed E-state index contributed by atoms with van der Waals surface area (Å²) in [7, 11) is 1.85. The van der Waals surface area contributed by atoms with Gasteiger partial charge in [0.25, 0.3) is 0 Å². The summed E-state index contributed by atoms with van der Waals surface area (Å²) in [4.78, 5) is 14.7. The van der Waals surface area contributed by atoms with Gasteiger partial charge in [0.15, 0.2) is 0 Å². The molecular formula is C16H30N2O2. The second-order valence-corrected chi connectivity index (χ2v) is 6.49. The van der Waals surface area contributed by atoms with Crippen molar-refractivity contribution in [2.75, 3.05) is 26.7 Å². The molecule has 20 heavy (non-hydrogen) atoms. The van der Waals surface area contributed by atoms with E-state index in [-0.39, 0.29) is 5.97 Å². The van der Waals surface area contributed by atoms with Crippen LogP contribution < -0.4 is 5.32 Å². The summed E-state index contributed by atoms with van der Waals surface area (Å²) in [5.74, 6) is 0.786. The summed E-state index contributed by atoms with van der Waals surface area (Å²) < 4.78 is 5.20. The van der Waals surface area contributed by atoms with Crippen molar-refractivity contribution in [2.24, 2.45) is 5.92 Å². The van der Waals surface area contributed by atoms with Gasteiger partial charge in [-0.05, 0) is 59.0 Å². The van der Waals surface area contributed by atoms with Gasteiger partial charge in [-0.25, -0.2) is 0 Å². The molecule has 2 aliphatic rings. The smallest absolute Gasteiger partial charge is 0.326 e. The summed E-state index contributed by atoms with van der Waals surface area (Å²) in [5.41, 5.74) is -0.553. The van der Waals surface area contributed by atoms with Crippen molar-refractivity contribution in [2.45, 2.75) is 64.0 Å². The molecule has 1 heterocycles. The van der Waals surface area contributed by atoms with Crippen LogP contribution in [0.25, 0.3) is 0 Å². The van der Waals surface area contributed by atoms with Gasteiger partial charge in [0.1, 0.15) is 5.54 Å². The molecule has 2 fully saturated rings. The highest BCUT2D eigenvalue weighted by molar-refractivity contribution is 5.80. The highest BCUT2D eigenvalue weighted by Crippen LogP contribution is 2.36. The van der Waals surface area contributed by atoms with Crippen LogP contribution in [0.2, 0.25) is 0 Å². The molecule has 0 radical (unpaired) electrons. The third kappa shape index (κ3) is 3.34. The predicted octanol–water partition coefficient (Wildman–Crippen LogP) is 2.18. The van der Waals surface area contributed by atoms with Crippen LogP contribution in [-0.4, -0.2) is 49.2 Å². The van der Waals surface area contributed by atoms with Crippen molar-refractivity contribution >= 4 is 5.97 Å². The highest BCUT2D eigenvalue weighted by atomic mass is 16.5. The van der Waals surface area contributed by atoms with Gasteiger partial charge in [0.05, 0.1) is 6.61 Å². The number of likely N-dealkylation sites (N-methyl/N-ethyl adjacent to an activating group) is 1. The van der Waals surface area contributed by atoms with E-state index in [0.29, 0.717) is 6.61 Å². The minimum Gasteiger partial charge on any atom is -0.465 e. The molecule has 116 valence electrons. The molecule has 1 saturated carbocycles. The van der Waals surface area contributed by atoms with Gasteiger partial charge in [0.2, 0.25) is 0 Å². The Morgan fingerprint density at radius 2 is 2.10 bits per heavy atom. The minimum absolute atomic E-state index is 0.123. The second-order valence-electron chi connectivity index (χ2n) is 6.49. The van der Waals surface area contributed by atoms with Crippen LogP contribution >= 0.6 is 0 Å². The molecular weight excluding hydrogens is 252 g/mol. The average molecular weight is 282 g/mol. The van der Waals surface area contributed by atoms with E-state index in [1.165, 1.54) is 38.6 Å². The zero-order chi connectivity index (χ0) is 14.6. The van der Waals surface area contributed by atoms with E-state index in [4.69, 9.17) is 4.74 Å². The number of esters is 1. The Morgan fingerprint density at radius 1 is 1.35 bits per heavy atom. The van der Waals surface area contributed by atoms with Gasteiger partial charge in [-0.3, -0.25) is 4.79 Å². The van der Waals surface area contributed by atoms with Crippen LogP contribution in [0.4, 0.5) is 0 Å². The SMILES string of the molecule is CCOC(=O)C(C)(CCN1CCC2CCCCC21)NC. The maximum absolute atomic E-state index is 12.1. The van der Waals surface area contributed by atoms with E-state index in [0.717, 1.165) is 24.9 Å². The van der Waals surface area contributed by atoms with E-state index >= 15 is 0 Å². The number of nitrogens with zero attached hydrogens (tertiary/aromatic N) is 1. The van der Waals surface area contributed by atoms with E-state index < -0.39 is 5.54 Å². The van der Waals surface area contributed by atoms with Crippen molar-refractivity contribution in [3.63, 3.8) is 0 Å². The molecule has 0 spiro atoms. The zero-order valence-corrected chi connectivity index (χ0v) is 13.3. The number of rotatable bonds is 6. The first kappa shape index (κ1) is 15.8. The Hall–Kier alpha value is -0.610. The molecule has 4 heteroatoms. The normalized spacial score (nSPS) is 29.8. The molecule has 0 aromatic rings. The van der Waals surface area contributed by atoms with Crippen LogP contribution in [0.15, 0.2) is 0 Å². The molecule has 2 rings (SSSR count). The largest absolute Gasteiger partial charge is 0.465 e. The van der Waals surface area contributed by atoms with Crippen molar-refractivity contribution in [3.8, 4) is 0 Å². The number of ether oxygens (including phenoxy) is 1. The minimum atomic E-state index is -0.553. The molecule has 3 atom stereocenters. The van der Waals surface area contributed by atoms with Gasteiger partial charge in [-0.2, -0.15) is 0 Å². The van der Waals surface area contributed by atoms with Gasteiger partial charge in [0, 0.05) is 12.6 Å². The van der Waals surface area contributed by atoms with E-state index in [1.54, 1.807) is 0 Å². The lowest BCUT2D eigenvalue weighted by atomic mass is 9.85. The molecule has 1 aliphatic heterocycles. The monoisotopic (exact) mass is 282 g/mol. The quantitative estimate of drug-likeness (QED) is 0.758. The third-order valence-corrected chi connectivity index (χ3v) is 5.30. The van der Waals surface area contributed by atoms with Crippen molar-refractivity contribution in [3.05, 3.63) is 0 Å². The Bertz CT molecular complexity index is 334. The molecule has 1 saturated heterocycles. The Labute approximate surface area is 123 Å². The average Bonchev–Trinajstić information content (AvgIpc) is 2.88. The zero-order valence-electron chi connectivity index (χ0n) is 13.3. The first-order chi connectivity index (χ1) is 9.60.